The van der Waals surface area contributed by atoms with Crippen LogP contribution in [0.5, 0.6) is 17.2 Å². The Labute approximate surface area is 203 Å². The van der Waals surface area contributed by atoms with E-state index in [0.29, 0.717) is 33.5 Å². The lowest BCUT2D eigenvalue weighted by Crippen LogP contribution is -2.31. The molecule has 0 saturated heterocycles. The maximum Gasteiger partial charge on any atom is 0.296 e. The van der Waals surface area contributed by atoms with E-state index in [0.717, 1.165) is 4.70 Å². The summed E-state index contributed by atoms with van der Waals surface area (Å²) < 4.78 is 22.1. The van der Waals surface area contributed by atoms with Gasteiger partial charge in [-0.1, -0.05) is 17.4 Å². The van der Waals surface area contributed by atoms with Crippen LogP contribution in [-0.4, -0.2) is 43.1 Å². The molecule has 1 N–H and O–H groups in total. The smallest absolute Gasteiger partial charge is 0.296 e. The number of ketones is 1. The van der Waals surface area contributed by atoms with Crippen LogP contribution in [0.15, 0.2) is 70.5 Å². The molecule has 1 aliphatic heterocycles. The van der Waals surface area contributed by atoms with E-state index in [4.69, 9.17) is 18.6 Å². The molecule has 10 heteroatoms. The molecular weight excluding hydrogens is 472 g/mol. The summed E-state index contributed by atoms with van der Waals surface area (Å²) in [7, 11) is 4.56. The highest BCUT2D eigenvalue weighted by atomic mass is 32.1. The molecule has 9 nitrogen and oxygen atoms in total. The van der Waals surface area contributed by atoms with E-state index in [9.17, 15) is 14.7 Å². The van der Waals surface area contributed by atoms with E-state index in [2.05, 4.69) is 4.98 Å². The van der Waals surface area contributed by atoms with Gasteiger partial charge in [0.1, 0.15) is 5.75 Å². The summed E-state index contributed by atoms with van der Waals surface area (Å²) in [6, 6.07) is 12.5. The van der Waals surface area contributed by atoms with E-state index in [1.807, 2.05) is 6.07 Å². The monoisotopic (exact) mass is 492 g/mol. The molecule has 1 aliphatic rings. The van der Waals surface area contributed by atoms with Gasteiger partial charge in [-0.15, -0.1) is 0 Å². The topological polar surface area (TPSA) is 111 Å². The number of hydrogen-bond acceptors (Lipinski definition) is 9. The molecule has 0 aliphatic carbocycles. The van der Waals surface area contributed by atoms with Gasteiger partial charge in [0, 0.05) is 0 Å². The van der Waals surface area contributed by atoms with Gasteiger partial charge in [0.25, 0.3) is 5.91 Å². The van der Waals surface area contributed by atoms with E-state index in [1.165, 1.54) is 42.8 Å². The zero-order valence-electron chi connectivity index (χ0n) is 19.0. The first-order chi connectivity index (χ1) is 17.0. The van der Waals surface area contributed by atoms with Crippen LogP contribution in [0.3, 0.4) is 0 Å². The Morgan fingerprint density at radius 1 is 1.06 bits per heavy atom. The highest BCUT2D eigenvalue weighted by Gasteiger charge is 2.46. The summed E-state index contributed by atoms with van der Waals surface area (Å²) in [5.74, 6) is -0.485. The van der Waals surface area contributed by atoms with Crippen molar-refractivity contribution in [1.29, 1.82) is 0 Å². The number of hydrogen-bond donors (Lipinski definition) is 1. The van der Waals surface area contributed by atoms with Crippen molar-refractivity contribution in [3.05, 3.63) is 77.5 Å². The number of fused-ring (bicyclic) bond motifs is 1. The van der Waals surface area contributed by atoms with Gasteiger partial charge < -0.3 is 23.7 Å². The summed E-state index contributed by atoms with van der Waals surface area (Å²) in [6.07, 6.45) is 1.35. The quantitative estimate of drug-likeness (QED) is 0.370. The van der Waals surface area contributed by atoms with Crippen LogP contribution in [-0.2, 0) is 4.79 Å². The molecule has 3 heterocycles. The first-order valence-electron chi connectivity index (χ1n) is 10.5. The number of Topliss-reactive ketones (excluding diaryl/α,β-unsaturated/α-hetero) is 1. The second-order valence-electron chi connectivity index (χ2n) is 7.59. The molecule has 35 heavy (non-hydrogen) atoms. The fourth-order valence-corrected chi connectivity index (χ4v) is 5.06. The minimum atomic E-state index is -0.984. The SMILES string of the molecule is COc1ccc2nc(N3C(=O)C(O)=C(C(=O)c4ccco4)[C@H]3c3ccc(OC)c(OC)c3)sc2c1. The van der Waals surface area contributed by atoms with Crippen LogP contribution >= 0.6 is 11.3 Å². The van der Waals surface area contributed by atoms with Gasteiger partial charge >= 0.3 is 0 Å². The zero-order chi connectivity index (χ0) is 24.7. The maximum atomic E-state index is 13.4. The number of thiazole rings is 1. The van der Waals surface area contributed by atoms with Crippen molar-refractivity contribution in [3.8, 4) is 17.2 Å². The lowest BCUT2D eigenvalue weighted by Gasteiger charge is -2.25. The molecule has 4 aromatic rings. The Morgan fingerprint density at radius 2 is 1.86 bits per heavy atom. The number of benzene rings is 2. The minimum absolute atomic E-state index is 0.000660. The zero-order valence-corrected chi connectivity index (χ0v) is 19.8. The van der Waals surface area contributed by atoms with Gasteiger partial charge in [0.2, 0.25) is 5.78 Å². The van der Waals surface area contributed by atoms with E-state index in [1.54, 1.807) is 43.5 Å². The number of aliphatic hydroxyl groups excluding tert-OH is 1. The number of anilines is 1. The molecule has 2 aromatic heterocycles. The third kappa shape index (κ3) is 3.68. The number of methoxy groups -OCH3 is 3. The number of nitrogens with zero attached hydrogens (tertiary/aromatic N) is 2. The number of rotatable bonds is 7. The molecule has 1 atom stereocenters. The Bertz CT molecular complexity index is 1470. The molecule has 0 saturated carbocycles. The highest BCUT2D eigenvalue weighted by Crippen LogP contribution is 2.46. The summed E-state index contributed by atoms with van der Waals surface area (Å²) in [5, 5.41) is 11.2. The second-order valence-corrected chi connectivity index (χ2v) is 8.60. The largest absolute Gasteiger partial charge is 0.503 e. The molecular formula is C25H20N2O7S. The van der Waals surface area contributed by atoms with E-state index >= 15 is 0 Å². The Morgan fingerprint density at radius 3 is 2.54 bits per heavy atom. The molecule has 0 bridgehead atoms. The summed E-state index contributed by atoms with van der Waals surface area (Å²) >= 11 is 1.24. The third-order valence-electron chi connectivity index (χ3n) is 5.71. The number of amides is 1. The molecule has 2 aromatic carbocycles. The molecule has 0 fully saturated rings. The lowest BCUT2D eigenvalue weighted by molar-refractivity contribution is -0.117. The average molecular weight is 493 g/mol. The second kappa shape index (κ2) is 8.80. The molecule has 5 rings (SSSR count). The highest BCUT2D eigenvalue weighted by molar-refractivity contribution is 7.22. The first-order valence-corrected chi connectivity index (χ1v) is 11.3. The lowest BCUT2D eigenvalue weighted by atomic mass is 9.95. The van der Waals surface area contributed by atoms with Crippen LogP contribution in [0.2, 0.25) is 0 Å². The van der Waals surface area contributed by atoms with Crippen molar-refractivity contribution in [2.75, 3.05) is 26.2 Å². The van der Waals surface area contributed by atoms with Crippen molar-refractivity contribution >= 4 is 38.4 Å². The predicted molar refractivity (Wildman–Crippen MR) is 129 cm³/mol. The molecule has 0 radical (unpaired) electrons. The van der Waals surface area contributed by atoms with Crippen LogP contribution in [0, 0.1) is 0 Å². The van der Waals surface area contributed by atoms with Crippen molar-refractivity contribution in [3.63, 3.8) is 0 Å². The van der Waals surface area contributed by atoms with Gasteiger partial charge in [0.15, 0.2) is 28.1 Å². The maximum absolute atomic E-state index is 13.4. The van der Waals surface area contributed by atoms with Crippen molar-refractivity contribution in [2.24, 2.45) is 0 Å². The Balaban J connectivity index is 1.69. The van der Waals surface area contributed by atoms with Crippen LogP contribution in [0.25, 0.3) is 10.2 Å². The third-order valence-corrected chi connectivity index (χ3v) is 6.73. The number of ether oxygens (including phenoxy) is 3. The number of aromatic nitrogens is 1. The summed E-state index contributed by atoms with van der Waals surface area (Å²) in [5.41, 5.74) is 1.05. The Hall–Kier alpha value is -4.31. The van der Waals surface area contributed by atoms with Crippen LogP contribution < -0.4 is 19.1 Å². The number of carbonyl (C=O) groups excluding carboxylic acids is 2. The minimum Gasteiger partial charge on any atom is -0.503 e. The summed E-state index contributed by atoms with van der Waals surface area (Å²) in [4.78, 5) is 32.7. The van der Waals surface area contributed by atoms with E-state index in [-0.39, 0.29) is 11.3 Å². The summed E-state index contributed by atoms with van der Waals surface area (Å²) in [6.45, 7) is 0. The van der Waals surface area contributed by atoms with Gasteiger partial charge in [-0.2, -0.15) is 0 Å². The normalized spacial score (nSPS) is 15.7. The number of aliphatic hydroxyl groups is 1. The fraction of sp³-hybridized carbons (Fsp3) is 0.160. The van der Waals surface area contributed by atoms with Gasteiger partial charge in [0.05, 0.1) is 49.4 Å². The average Bonchev–Trinajstić information content (AvgIpc) is 3.61. The Kier molecular flexibility index (Phi) is 5.65. The molecule has 1 amide bonds. The molecule has 0 unspecified atom stereocenters. The molecule has 178 valence electrons. The molecule has 0 spiro atoms. The van der Waals surface area contributed by atoms with Crippen LogP contribution in [0.1, 0.15) is 22.2 Å². The van der Waals surface area contributed by atoms with Crippen LogP contribution in [0.4, 0.5) is 5.13 Å². The predicted octanol–water partition coefficient (Wildman–Crippen LogP) is 4.70. The number of carbonyl (C=O) groups is 2. The first kappa shape index (κ1) is 22.5. The van der Waals surface area contributed by atoms with Crippen molar-refractivity contribution < 1.29 is 33.3 Å². The van der Waals surface area contributed by atoms with Gasteiger partial charge in [-0.3, -0.25) is 14.5 Å². The van der Waals surface area contributed by atoms with Gasteiger partial charge in [-0.05, 0) is 48.0 Å². The van der Waals surface area contributed by atoms with Gasteiger partial charge in [-0.25, -0.2) is 4.98 Å². The van der Waals surface area contributed by atoms with Crippen molar-refractivity contribution in [2.45, 2.75) is 6.04 Å². The fourth-order valence-electron chi connectivity index (χ4n) is 4.04. The number of furan rings is 1. The van der Waals surface area contributed by atoms with E-state index < -0.39 is 23.5 Å². The van der Waals surface area contributed by atoms with Crippen molar-refractivity contribution in [1.82, 2.24) is 4.98 Å². The standard InChI is InChI=1S/C25H20N2O7S/c1-31-14-7-8-15-19(12-14)35-25(26-15)27-21(13-6-9-16(32-2)18(11-13)33-3)20(23(29)24(27)30)22(28)17-5-4-10-34-17/h4-12,21,29H,1-3H3/t21-/m1/s1.